The minimum absolute atomic E-state index is 0.000180. The van der Waals surface area contributed by atoms with E-state index in [1.54, 1.807) is 12.1 Å². The van der Waals surface area contributed by atoms with Gasteiger partial charge in [-0.15, -0.1) is 11.8 Å². The van der Waals surface area contributed by atoms with Crippen LogP contribution < -0.4 is 10.1 Å². The van der Waals surface area contributed by atoms with Crippen LogP contribution in [0.3, 0.4) is 0 Å². The van der Waals surface area contributed by atoms with Gasteiger partial charge in [0.2, 0.25) is 10.0 Å². The van der Waals surface area contributed by atoms with E-state index in [2.05, 4.69) is 5.32 Å². The molecule has 2 aromatic carbocycles. The first kappa shape index (κ1) is 23.1. The molecule has 32 heavy (non-hydrogen) atoms. The van der Waals surface area contributed by atoms with Crippen molar-refractivity contribution in [1.29, 1.82) is 0 Å². The number of benzene rings is 2. The summed E-state index contributed by atoms with van der Waals surface area (Å²) in [6, 6.07) is 9.00. The number of carbonyl (C=O) groups excluding carboxylic acids is 1. The van der Waals surface area contributed by atoms with Crippen LogP contribution in [0.4, 0.5) is 4.39 Å². The zero-order valence-corrected chi connectivity index (χ0v) is 19.6. The molecule has 2 aliphatic heterocycles. The van der Waals surface area contributed by atoms with E-state index in [1.807, 2.05) is 6.07 Å². The molecule has 4 rings (SSSR count). The average Bonchev–Trinajstić information content (AvgIpc) is 3.09. The number of amides is 1. The fourth-order valence-corrected chi connectivity index (χ4v) is 7.06. The van der Waals surface area contributed by atoms with E-state index >= 15 is 0 Å². The molecule has 2 aliphatic rings. The van der Waals surface area contributed by atoms with Crippen LogP contribution in [0.2, 0.25) is 0 Å². The molecule has 0 aromatic heterocycles. The molecule has 0 aliphatic carbocycles. The third kappa shape index (κ3) is 4.65. The molecule has 2 aromatic rings. The molecule has 2 heterocycles. The molecule has 1 saturated heterocycles. The summed E-state index contributed by atoms with van der Waals surface area (Å²) < 4.78 is 47.7. The number of nitrogens with one attached hydrogen (secondary N) is 1. The second-order valence-corrected chi connectivity index (χ2v) is 11.0. The maximum atomic E-state index is 14.2. The highest BCUT2D eigenvalue weighted by atomic mass is 32.2. The van der Waals surface area contributed by atoms with Crippen LogP contribution in [0.1, 0.15) is 54.1 Å². The van der Waals surface area contributed by atoms with Crippen molar-refractivity contribution < 1.29 is 22.3 Å². The number of rotatable bonds is 5. The lowest BCUT2D eigenvalue weighted by atomic mass is 10.0. The second-order valence-electron chi connectivity index (χ2n) is 8.01. The summed E-state index contributed by atoms with van der Waals surface area (Å²) in [6.07, 6.45) is 4.32. The van der Waals surface area contributed by atoms with Crippen LogP contribution in [0, 0.1) is 5.82 Å². The third-order valence-corrected chi connectivity index (χ3v) is 9.02. The van der Waals surface area contributed by atoms with E-state index in [4.69, 9.17) is 4.74 Å². The summed E-state index contributed by atoms with van der Waals surface area (Å²) in [5.41, 5.74) is 0.982. The fraction of sp³-hybridized carbons (Fsp3) is 0.435. The highest BCUT2D eigenvalue weighted by molar-refractivity contribution is 7.99. The fourth-order valence-electron chi connectivity index (χ4n) is 4.22. The third-order valence-electron chi connectivity index (χ3n) is 5.94. The number of fused-ring (bicyclic) bond motifs is 1. The van der Waals surface area contributed by atoms with Crippen molar-refractivity contribution in [2.45, 2.75) is 47.9 Å². The van der Waals surface area contributed by atoms with E-state index in [-0.39, 0.29) is 28.1 Å². The van der Waals surface area contributed by atoms with Crippen LogP contribution in [-0.4, -0.2) is 44.6 Å². The van der Waals surface area contributed by atoms with Gasteiger partial charge < -0.3 is 10.1 Å². The Labute approximate surface area is 192 Å². The number of thioether (sulfide) groups is 1. The molecule has 1 unspecified atom stereocenters. The van der Waals surface area contributed by atoms with Gasteiger partial charge in [-0.05, 0) is 49.1 Å². The summed E-state index contributed by atoms with van der Waals surface area (Å²) in [6.45, 7) is 0.925. The van der Waals surface area contributed by atoms with Crippen molar-refractivity contribution >= 4 is 27.7 Å². The molecule has 0 spiro atoms. The molecule has 1 atom stereocenters. The van der Waals surface area contributed by atoms with Crippen molar-refractivity contribution in [1.82, 2.24) is 9.62 Å². The van der Waals surface area contributed by atoms with Crippen LogP contribution in [0.5, 0.6) is 5.75 Å². The lowest BCUT2D eigenvalue weighted by Crippen LogP contribution is -2.33. The van der Waals surface area contributed by atoms with Gasteiger partial charge in [0, 0.05) is 29.3 Å². The SMILES string of the molecule is COc1ccc(C(=O)NC2CCSc3c(F)cccc32)cc1S(=O)(=O)N1CCCCCC1. The zero-order chi connectivity index (χ0) is 22.7. The van der Waals surface area contributed by atoms with Gasteiger partial charge in [-0.2, -0.15) is 4.31 Å². The Morgan fingerprint density at radius 3 is 2.62 bits per heavy atom. The van der Waals surface area contributed by atoms with Gasteiger partial charge in [0.25, 0.3) is 5.91 Å². The molecule has 0 radical (unpaired) electrons. The molecule has 9 heteroatoms. The summed E-state index contributed by atoms with van der Waals surface area (Å²) in [4.78, 5) is 13.6. The molecule has 1 amide bonds. The highest BCUT2D eigenvalue weighted by Gasteiger charge is 2.30. The van der Waals surface area contributed by atoms with Gasteiger partial charge >= 0.3 is 0 Å². The Kier molecular flexibility index (Phi) is 7.07. The molecule has 0 bridgehead atoms. The maximum Gasteiger partial charge on any atom is 0.251 e. The van der Waals surface area contributed by atoms with E-state index in [9.17, 15) is 17.6 Å². The van der Waals surface area contributed by atoms with E-state index in [1.165, 1.54) is 41.4 Å². The molecule has 0 saturated carbocycles. The van der Waals surface area contributed by atoms with Gasteiger partial charge in [-0.1, -0.05) is 25.0 Å². The van der Waals surface area contributed by atoms with Crippen LogP contribution in [-0.2, 0) is 10.0 Å². The predicted molar refractivity (Wildman–Crippen MR) is 122 cm³/mol. The number of nitrogens with zero attached hydrogens (tertiary/aromatic N) is 1. The molecule has 172 valence electrons. The Morgan fingerprint density at radius 1 is 1.16 bits per heavy atom. The number of methoxy groups -OCH3 is 1. The number of ether oxygens (including phenoxy) is 1. The van der Waals surface area contributed by atoms with Crippen LogP contribution >= 0.6 is 11.8 Å². The lowest BCUT2D eigenvalue weighted by Gasteiger charge is -2.26. The summed E-state index contributed by atoms with van der Waals surface area (Å²) in [5.74, 6) is 0.219. The quantitative estimate of drug-likeness (QED) is 0.691. The van der Waals surface area contributed by atoms with Gasteiger partial charge in [-0.25, -0.2) is 12.8 Å². The molecule has 1 N–H and O–H groups in total. The largest absolute Gasteiger partial charge is 0.495 e. The summed E-state index contributed by atoms with van der Waals surface area (Å²) >= 11 is 1.44. The van der Waals surface area contributed by atoms with Gasteiger partial charge in [0.05, 0.1) is 13.2 Å². The van der Waals surface area contributed by atoms with Crippen molar-refractivity contribution in [2.24, 2.45) is 0 Å². The normalized spacial score (nSPS) is 19.6. The minimum atomic E-state index is -3.80. The number of hydrogen-bond acceptors (Lipinski definition) is 5. The lowest BCUT2D eigenvalue weighted by molar-refractivity contribution is 0.0934. The Hall–Kier alpha value is -2.10. The highest BCUT2D eigenvalue weighted by Crippen LogP contribution is 2.38. The number of carbonyl (C=O) groups is 1. The molecular weight excluding hydrogens is 451 g/mol. The maximum absolute atomic E-state index is 14.2. The first-order valence-electron chi connectivity index (χ1n) is 10.8. The number of hydrogen-bond donors (Lipinski definition) is 1. The predicted octanol–water partition coefficient (Wildman–Crippen LogP) is 4.37. The first-order valence-corrected chi connectivity index (χ1v) is 13.2. The van der Waals surface area contributed by atoms with Crippen molar-refractivity contribution in [3.05, 3.63) is 53.3 Å². The van der Waals surface area contributed by atoms with Crippen molar-refractivity contribution in [3.63, 3.8) is 0 Å². The van der Waals surface area contributed by atoms with Crippen LogP contribution in [0.15, 0.2) is 46.2 Å². The van der Waals surface area contributed by atoms with E-state index in [0.29, 0.717) is 30.2 Å². The zero-order valence-electron chi connectivity index (χ0n) is 18.0. The topological polar surface area (TPSA) is 75.7 Å². The van der Waals surface area contributed by atoms with Gasteiger partial charge in [-0.3, -0.25) is 4.79 Å². The monoisotopic (exact) mass is 478 g/mol. The Bertz CT molecular complexity index is 1100. The summed E-state index contributed by atoms with van der Waals surface area (Å²) in [7, 11) is -2.38. The average molecular weight is 479 g/mol. The number of halogens is 1. The van der Waals surface area contributed by atoms with Crippen LogP contribution in [0.25, 0.3) is 0 Å². The van der Waals surface area contributed by atoms with E-state index in [0.717, 1.165) is 31.2 Å². The summed E-state index contributed by atoms with van der Waals surface area (Å²) in [5, 5.41) is 2.96. The van der Waals surface area contributed by atoms with E-state index < -0.39 is 15.9 Å². The number of sulfonamides is 1. The standard InChI is InChI=1S/C23H27FN2O4S2/c1-30-20-10-9-16(15-21(20)32(28,29)26-12-4-2-3-5-13-26)23(27)25-19-11-14-31-22-17(19)7-6-8-18(22)24/h6-10,15,19H,2-5,11-14H2,1H3,(H,25,27). The Balaban J connectivity index is 1.61. The Morgan fingerprint density at radius 2 is 1.91 bits per heavy atom. The molecule has 1 fully saturated rings. The minimum Gasteiger partial charge on any atom is -0.495 e. The molecular formula is C23H27FN2O4S2. The van der Waals surface area contributed by atoms with Gasteiger partial charge in [0.1, 0.15) is 16.5 Å². The smallest absolute Gasteiger partial charge is 0.251 e. The first-order chi connectivity index (χ1) is 15.4. The second kappa shape index (κ2) is 9.80. The van der Waals surface area contributed by atoms with Crippen molar-refractivity contribution in [3.8, 4) is 5.75 Å². The molecule has 6 nitrogen and oxygen atoms in total. The van der Waals surface area contributed by atoms with Gasteiger partial charge in [0.15, 0.2) is 0 Å². The van der Waals surface area contributed by atoms with Crippen molar-refractivity contribution in [2.75, 3.05) is 26.0 Å².